The third kappa shape index (κ3) is 3.39. The SMILES string of the molecule is Cc1cncc(C(=O)NC(CN)c2ccccc2)c1. The molecule has 0 aliphatic rings. The van der Waals surface area contributed by atoms with Gasteiger partial charge in [0.25, 0.3) is 5.91 Å². The molecule has 0 saturated heterocycles. The van der Waals surface area contributed by atoms with Crippen LogP contribution < -0.4 is 11.1 Å². The fourth-order valence-electron chi connectivity index (χ4n) is 1.88. The average Bonchev–Trinajstić information content (AvgIpc) is 2.45. The summed E-state index contributed by atoms with van der Waals surface area (Å²) in [6.07, 6.45) is 3.27. The number of amides is 1. The number of rotatable bonds is 4. The van der Waals surface area contributed by atoms with Gasteiger partial charge in [0, 0.05) is 18.9 Å². The van der Waals surface area contributed by atoms with Crippen molar-refractivity contribution in [2.24, 2.45) is 5.73 Å². The van der Waals surface area contributed by atoms with Crippen LogP contribution in [0.3, 0.4) is 0 Å². The van der Waals surface area contributed by atoms with Crippen molar-refractivity contribution >= 4 is 5.91 Å². The number of pyridine rings is 1. The summed E-state index contributed by atoms with van der Waals surface area (Å²) in [5.74, 6) is -0.157. The molecule has 0 radical (unpaired) electrons. The summed E-state index contributed by atoms with van der Waals surface area (Å²) in [4.78, 5) is 16.2. The van der Waals surface area contributed by atoms with Crippen molar-refractivity contribution in [3.63, 3.8) is 0 Å². The summed E-state index contributed by atoms with van der Waals surface area (Å²) in [5.41, 5.74) is 8.24. The molecule has 1 unspecified atom stereocenters. The van der Waals surface area contributed by atoms with Gasteiger partial charge < -0.3 is 11.1 Å². The number of aromatic nitrogens is 1. The van der Waals surface area contributed by atoms with Gasteiger partial charge in [0.2, 0.25) is 0 Å². The molecule has 1 amide bonds. The van der Waals surface area contributed by atoms with E-state index in [-0.39, 0.29) is 11.9 Å². The van der Waals surface area contributed by atoms with Gasteiger partial charge in [0.1, 0.15) is 0 Å². The quantitative estimate of drug-likeness (QED) is 0.875. The van der Waals surface area contributed by atoms with Crippen LogP contribution >= 0.6 is 0 Å². The van der Waals surface area contributed by atoms with E-state index in [1.54, 1.807) is 18.5 Å². The second-order valence-corrected chi connectivity index (χ2v) is 4.42. The maximum absolute atomic E-state index is 12.1. The van der Waals surface area contributed by atoms with Gasteiger partial charge in [-0.3, -0.25) is 9.78 Å². The Morgan fingerprint density at radius 3 is 2.68 bits per heavy atom. The van der Waals surface area contributed by atoms with Crippen molar-refractivity contribution < 1.29 is 4.79 Å². The van der Waals surface area contributed by atoms with Crippen LogP contribution in [-0.4, -0.2) is 17.4 Å². The van der Waals surface area contributed by atoms with E-state index in [2.05, 4.69) is 10.3 Å². The van der Waals surface area contributed by atoms with Crippen LogP contribution in [0.5, 0.6) is 0 Å². The Kier molecular flexibility index (Phi) is 4.26. The molecule has 0 aliphatic carbocycles. The standard InChI is InChI=1S/C15H17N3O/c1-11-7-13(10-17-9-11)15(19)18-14(8-16)12-5-3-2-4-6-12/h2-7,9-10,14H,8,16H2,1H3,(H,18,19). The highest BCUT2D eigenvalue weighted by Crippen LogP contribution is 2.12. The van der Waals surface area contributed by atoms with Crippen LogP contribution in [-0.2, 0) is 0 Å². The topological polar surface area (TPSA) is 68.0 Å². The van der Waals surface area contributed by atoms with Gasteiger partial charge in [0.05, 0.1) is 11.6 Å². The van der Waals surface area contributed by atoms with Crippen LogP contribution in [0.2, 0.25) is 0 Å². The zero-order chi connectivity index (χ0) is 13.7. The number of benzene rings is 1. The molecule has 19 heavy (non-hydrogen) atoms. The third-order valence-corrected chi connectivity index (χ3v) is 2.88. The van der Waals surface area contributed by atoms with Crippen molar-refractivity contribution in [1.29, 1.82) is 0 Å². The summed E-state index contributed by atoms with van der Waals surface area (Å²) < 4.78 is 0. The normalized spacial score (nSPS) is 11.9. The van der Waals surface area contributed by atoms with Crippen molar-refractivity contribution in [3.05, 3.63) is 65.5 Å². The molecule has 2 rings (SSSR count). The maximum Gasteiger partial charge on any atom is 0.253 e. The molecule has 1 aromatic carbocycles. The van der Waals surface area contributed by atoms with Crippen LogP contribution in [0.1, 0.15) is 27.5 Å². The van der Waals surface area contributed by atoms with Gasteiger partial charge in [-0.25, -0.2) is 0 Å². The molecule has 1 aromatic heterocycles. The van der Waals surface area contributed by atoms with E-state index in [9.17, 15) is 4.79 Å². The fourth-order valence-corrected chi connectivity index (χ4v) is 1.88. The Morgan fingerprint density at radius 2 is 2.05 bits per heavy atom. The number of hydrogen-bond acceptors (Lipinski definition) is 3. The number of carbonyl (C=O) groups excluding carboxylic acids is 1. The molecule has 1 atom stereocenters. The van der Waals surface area contributed by atoms with Gasteiger partial charge in [-0.2, -0.15) is 0 Å². The summed E-state index contributed by atoms with van der Waals surface area (Å²) in [7, 11) is 0. The van der Waals surface area contributed by atoms with E-state index in [0.29, 0.717) is 12.1 Å². The molecule has 0 aliphatic heterocycles. The highest BCUT2D eigenvalue weighted by atomic mass is 16.1. The zero-order valence-corrected chi connectivity index (χ0v) is 10.8. The van der Waals surface area contributed by atoms with Gasteiger partial charge in [-0.05, 0) is 24.1 Å². The molecule has 0 bridgehead atoms. The monoisotopic (exact) mass is 255 g/mol. The average molecular weight is 255 g/mol. The van der Waals surface area contributed by atoms with Crippen molar-refractivity contribution in [1.82, 2.24) is 10.3 Å². The Labute approximate surface area is 112 Å². The lowest BCUT2D eigenvalue weighted by atomic mass is 10.1. The number of nitrogens with one attached hydrogen (secondary N) is 1. The van der Waals surface area contributed by atoms with Crippen LogP contribution in [0.25, 0.3) is 0 Å². The first-order valence-corrected chi connectivity index (χ1v) is 6.18. The highest BCUT2D eigenvalue weighted by molar-refractivity contribution is 5.94. The van der Waals surface area contributed by atoms with E-state index in [4.69, 9.17) is 5.73 Å². The number of aryl methyl sites for hydroxylation is 1. The molecule has 3 N–H and O–H groups in total. The lowest BCUT2D eigenvalue weighted by Gasteiger charge is -2.17. The Bertz CT molecular complexity index is 554. The Morgan fingerprint density at radius 1 is 1.32 bits per heavy atom. The van der Waals surface area contributed by atoms with Crippen LogP contribution in [0.15, 0.2) is 48.8 Å². The Hall–Kier alpha value is -2.20. The molecule has 4 heteroatoms. The number of nitrogens with zero attached hydrogens (tertiary/aromatic N) is 1. The molecule has 4 nitrogen and oxygen atoms in total. The van der Waals surface area contributed by atoms with Gasteiger partial charge in [-0.15, -0.1) is 0 Å². The first-order chi connectivity index (χ1) is 9.20. The summed E-state index contributed by atoms with van der Waals surface area (Å²) in [6, 6.07) is 11.3. The molecule has 98 valence electrons. The maximum atomic E-state index is 12.1. The summed E-state index contributed by atoms with van der Waals surface area (Å²) in [6.45, 7) is 2.26. The predicted octanol–water partition coefficient (Wildman–Crippen LogP) is 1.82. The van der Waals surface area contributed by atoms with Gasteiger partial charge >= 0.3 is 0 Å². The zero-order valence-electron chi connectivity index (χ0n) is 10.8. The van der Waals surface area contributed by atoms with E-state index in [1.165, 1.54) is 0 Å². The van der Waals surface area contributed by atoms with Crippen LogP contribution in [0, 0.1) is 6.92 Å². The Balaban J connectivity index is 2.13. The van der Waals surface area contributed by atoms with E-state index < -0.39 is 0 Å². The molecule has 2 aromatic rings. The van der Waals surface area contributed by atoms with Gasteiger partial charge in [-0.1, -0.05) is 30.3 Å². The molecule has 1 heterocycles. The van der Waals surface area contributed by atoms with Gasteiger partial charge in [0.15, 0.2) is 0 Å². The minimum Gasteiger partial charge on any atom is -0.344 e. The fraction of sp³-hybridized carbons (Fsp3) is 0.200. The minimum atomic E-state index is -0.186. The van der Waals surface area contributed by atoms with Crippen molar-refractivity contribution in [2.45, 2.75) is 13.0 Å². The summed E-state index contributed by atoms with van der Waals surface area (Å²) in [5, 5.41) is 2.92. The molecule has 0 saturated carbocycles. The molecule has 0 fully saturated rings. The third-order valence-electron chi connectivity index (χ3n) is 2.88. The molecular weight excluding hydrogens is 238 g/mol. The smallest absolute Gasteiger partial charge is 0.253 e. The largest absolute Gasteiger partial charge is 0.344 e. The highest BCUT2D eigenvalue weighted by Gasteiger charge is 2.14. The molecule has 0 spiro atoms. The minimum absolute atomic E-state index is 0.157. The number of hydrogen-bond donors (Lipinski definition) is 2. The van der Waals surface area contributed by atoms with E-state index >= 15 is 0 Å². The lowest BCUT2D eigenvalue weighted by molar-refractivity contribution is 0.0937. The van der Waals surface area contributed by atoms with E-state index in [0.717, 1.165) is 11.1 Å². The number of carbonyl (C=O) groups is 1. The lowest BCUT2D eigenvalue weighted by Crippen LogP contribution is -2.33. The predicted molar refractivity (Wildman–Crippen MR) is 74.7 cm³/mol. The first-order valence-electron chi connectivity index (χ1n) is 6.18. The van der Waals surface area contributed by atoms with Crippen molar-refractivity contribution in [2.75, 3.05) is 6.54 Å². The second kappa shape index (κ2) is 6.11. The number of nitrogens with two attached hydrogens (primary N) is 1. The second-order valence-electron chi connectivity index (χ2n) is 4.42. The first kappa shape index (κ1) is 13.2. The summed E-state index contributed by atoms with van der Waals surface area (Å²) >= 11 is 0. The molecular formula is C15H17N3O. The van der Waals surface area contributed by atoms with Crippen molar-refractivity contribution in [3.8, 4) is 0 Å². The van der Waals surface area contributed by atoms with E-state index in [1.807, 2.05) is 37.3 Å². The van der Waals surface area contributed by atoms with Crippen LogP contribution in [0.4, 0.5) is 0 Å².